The molecule has 0 spiro atoms. The zero-order chi connectivity index (χ0) is 15.5. The van der Waals surface area contributed by atoms with Gasteiger partial charge in [-0.25, -0.2) is 0 Å². The maximum absolute atomic E-state index is 12.4. The van der Waals surface area contributed by atoms with Crippen LogP contribution in [0.15, 0.2) is 0 Å². The molecule has 2 aliphatic rings. The van der Waals surface area contributed by atoms with Crippen molar-refractivity contribution >= 4 is 11.9 Å². The second-order valence-electron chi connectivity index (χ2n) is 7.52. The molecule has 2 rings (SSSR count). The van der Waals surface area contributed by atoms with Gasteiger partial charge < -0.3 is 10.4 Å². The van der Waals surface area contributed by atoms with E-state index < -0.39 is 5.97 Å². The number of aliphatic carboxylic acids is 1. The SMILES string of the molecule is CC1CCC(NC(=O)CC2(CC(=O)O)CCCC2)C(C)C1. The molecule has 0 aliphatic heterocycles. The van der Waals surface area contributed by atoms with Crippen molar-refractivity contribution in [3.05, 3.63) is 0 Å². The van der Waals surface area contributed by atoms with Gasteiger partial charge in [0.25, 0.3) is 0 Å². The molecule has 1 amide bonds. The van der Waals surface area contributed by atoms with Crippen LogP contribution in [0.25, 0.3) is 0 Å². The fourth-order valence-electron chi connectivity index (χ4n) is 4.34. The van der Waals surface area contributed by atoms with Gasteiger partial charge in [-0.05, 0) is 49.4 Å². The number of hydrogen-bond acceptors (Lipinski definition) is 2. The van der Waals surface area contributed by atoms with Crippen LogP contribution >= 0.6 is 0 Å². The first-order valence-corrected chi connectivity index (χ1v) is 8.41. The van der Waals surface area contributed by atoms with Crippen molar-refractivity contribution in [2.75, 3.05) is 0 Å². The lowest BCUT2D eigenvalue weighted by atomic mass is 9.78. The maximum Gasteiger partial charge on any atom is 0.303 e. The molecule has 0 aromatic carbocycles. The van der Waals surface area contributed by atoms with Crippen molar-refractivity contribution < 1.29 is 14.7 Å². The molecule has 21 heavy (non-hydrogen) atoms. The molecule has 0 aromatic rings. The van der Waals surface area contributed by atoms with Crippen LogP contribution in [0.5, 0.6) is 0 Å². The summed E-state index contributed by atoms with van der Waals surface area (Å²) in [5, 5.41) is 12.3. The third kappa shape index (κ3) is 4.45. The number of hydrogen-bond donors (Lipinski definition) is 2. The molecule has 0 bridgehead atoms. The summed E-state index contributed by atoms with van der Waals surface area (Å²) in [6, 6.07) is 0.275. The normalized spacial score (nSPS) is 31.8. The minimum atomic E-state index is -0.774. The highest BCUT2D eigenvalue weighted by atomic mass is 16.4. The Kier molecular flexibility index (Phi) is 5.28. The molecule has 0 aromatic heterocycles. The number of carbonyl (C=O) groups is 2. The third-order valence-corrected chi connectivity index (χ3v) is 5.50. The van der Waals surface area contributed by atoms with Gasteiger partial charge in [-0.3, -0.25) is 9.59 Å². The average molecular weight is 295 g/mol. The topological polar surface area (TPSA) is 66.4 Å². The van der Waals surface area contributed by atoms with Gasteiger partial charge in [0.1, 0.15) is 0 Å². The zero-order valence-electron chi connectivity index (χ0n) is 13.4. The average Bonchev–Trinajstić information content (AvgIpc) is 2.80. The van der Waals surface area contributed by atoms with Crippen LogP contribution < -0.4 is 5.32 Å². The highest BCUT2D eigenvalue weighted by Gasteiger charge is 2.38. The van der Waals surface area contributed by atoms with Crippen LogP contribution in [0, 0.1) is 17.3 Å². The Hall–Kier alpha value is -1.06. The largest absolute Gasteiger partial charge is 0.481 e. The number of carbonyl (C=O) groups excluding carboxylic acids is 1. The van der Waals surface area contributed by atoms with Gasteiger partial charge in [-0.2, -0.15) is 0 Å². The van der Waals surface area contributed by atoms with Gasteiger partial charge in [0.05, 0.1) is 6.42 Å². The number of rotatable bonds is 5. The summed E-state index contributed by atoms with van der Waals surface area (Å²) >= 11 is 0. The Morgan fingerprint density at radius 3 is 2.38 bits per heavy atom. The van der Waals surface area contributed by atoms with Gasteiger partial charge >= 0.3 is 5.97 Å². The van der Waals surface area contributed by atoms with Crippen LogP contribution in [0.4, 0.5) is 0 Å². The van der Waals surface area contributed by atoms with Crippen molar-refractivity contribution in [1.29, 1.82) is 0 Å². The van der Waals surface area contributed by atoms with Crippen molar-refractivity contribution in [3.63, 3.8) is 0 Å². The van der Waals surface area contributed by atoms with Gasteiger partial charge in [-0.1, -0.05) is 26.7 Å². The highest BCUT2D eigenvalue weighted by molar-refractivity contribution is 5.78. The zero-order valence-corrected chi connectivity index (χ0v) is 13.4. The van der Waals surface area contributed by atoms with E-state index in [4.69, 9.17) is 5.11 Å². The molecular weight excluding hydrogens is 266 g/mol. The van der Waals surface area contributed by atoms with Crippen molar-refractivity contribution in [1.82, 2.24) is 5.32 Å². The van der Waals surface area contributed by atoms with Gasteiger partial charge in [-0.15, -0.1) is 0 Å². The fraction of sp³-hybridized carbons (Fsp3) is 0.882. The lowest BCUT2D eigenvalue weighted by Gasteiger charge is -2.34. The van der Waals surface area contributed by atoms with Crippen LogP contribution in [0.3, 0.4) is 0 Å². The van der Waals surface area contributed by atoms with Crippen molar-refractivity contribution in [3.8, 4) is 0 Å². The van der Waals surface area contributed by atoms with E-state index in [0.717, 1.165) is 38.0 Å². The molecule has 2 aliphatic carbocycles. The second-order valence-corrected chi connectivity index (χ2v) is 7.52. The number of nitrogens with one attached hydrogen (secondary N) is 1. The van der Waals surface area contributed by atoms with Crippen molar-refractivity contribution in [2.24, 2.45) is 17.3 Å². The standard InChI is InChI=1S/C17H29NO3/c1-12-5-6-14(13(2)9-12)18-15(19)10-17(11-16(20)21)7-3-4-8-17/h12-14H,3-11H2,1-2H3,(H,18,19)(H,20,21). The van der Waals surface area contributed by atoms with E-state index >= 15 is 0 Å². The Morgan fingerprint density at radius 1 is 1.14 bits per heavy atom. The van der Waals surface area contributed by atoms with Gasteiger partial charge in [0.15, 0.2) is 0 Å². The smallest absolute Gasteiger partial charge is 0.303 e. The first-order valence-electron chi connectivity index (χ1n) is 8.41. The predicted octanol–water partition coefficient (Wildman–Crippen LogP) is 3.35. The number of carboxylic acid groups (broad SMARTS) is 1. The Balaban J connectivity index is 1.89. The lowest BCUT2D eigenvalue weighted by Crippen LogP contribution is -2.44. The minimum absolute atomic E-state index is 0.0598. The summed E-state index contributed by atoms with van der Waals surface area (Å²) in [7, 11) is 0. The van der Waals surface area contributed by atoms with E-state index in [1.807, 2.05) is 0 Å². The third-order valence-electron chi connectivity index (χ3n) is 5.50. The molecule has 4 nitrogen and oxygen atoms in total. The van der Waals surface area contributed by atoms with E-state index in [-0.39, 0.29) is 23.8 Å². The van der Waals surface area contributed by atoms with Gasteiger partial charge in [0.2, 0.25) is 5.91 Å². The molecule has 3 atom stereocenters. The van der Waals surface area contributed by atoms with E-state index in [1.165, 1.54) is 12.8 Å². The summed E-state index contributed by atoms with van der Waals surface area (Å²) < 4.78 is 0. The molecule has 2 N–H and O–H groups in total. The van der Waals surface area contributed by atoms with Crippen LogP contribution in [0.1, 0.15) is 71.6 Å². The highest BCUT2D eigenvalue weighted by Crippen LogP contribution is 2.44. The van der Waals surface area contributed by atoms with E-state index in [2.05, 4.69) is 19.2 Å². The lowest BCUT2D eigenvalue weighted by molar-refractivity contribution is -0.140. The van der Waals surface area contributed by atoms with Gasteiger partial charge in [0, 0.05) is 12.5 Å². The van der Waals surface area contributed by atoms with Crippen LogP contribution in [0.2, 0.25) is 0 Å². The summed E-state index contributed by atoms with van der Waals surface area (Å²) in [5.41, 5.74) is -0.291. The molecule has 2 saturated carbocycles. The monoisotopic (exact) mass is 295 g/mol. The molecule has 2 fully saturated rings. The second kappa shape index (κ2) is 6.80. The van der Waals surface area contributed by atoms with Crippen molar-refractivity contribution in [2.45, 2.75) is 77.7 Å². The van der Waals surface area contributed by atoms with E-state index in [0.29, 0.717) is 12.3 Å². The molecular formula is C17H29NO3. The number of carboxylic acids is 1. The fourth-order valence-corrected chi connectivity index (χ4v) is 4.34. The first kappa shape index (κ1) is 16.3. The summed E-state index contributed by atoms with van der Waals surface area (Å²) in [5.74, 6) is 0.562. The maximum atomic E-state index is 12.4. The molecule has 0 saturated heterocycles. The molecule has 0 heterocycles. The minimum Gasteiger partial charge on any atom is -0.481 e. The molecule has 3 unspecified atom stereocenters. The predicted molar refractivity (Wildman–Crippen MR) is 81.9 cm³/mol. The van der Waals surface area contributed by atoms with Crippen LogP contribution in [-0.4, -0.2) is 23.0 Å². The Bertz CT molecular complexity index is 387. The summed E-state index contributed by atoms with van der Waals surface area (Å²) in [6.07, 6.45) is 7.79. The van der Waals surface area contributed by atoms with Crippen LogP contribution in [-0.2, 0) is 9.59 Å². The summed E-state index contributed by atoms with van der Waals surface area (Å²) in [4.78, 5) is 23.5. The molecule has 0 radical (unpaired) electrons. The Labute approximate surface area is 127 Å². The quantitative estimate of drug-likeness (QED) is 0.817. The van der Waals surface area contributed by atoms with E-state index in [1.54, 1.807) is 0 Å². The Morgan fingerprint density at radius 2 is 1.81 bits per heavy atom. The molecule has 4 heteroatoms. The van der Waals surface area contributed by atoms with E-state index in [9.17, 15) is 9.59 Å². The molecule has 120 valence electrons. The number of amides is 1. The summed E-state index contributed by atoms with van der Waals surface area (Å²) in [6.45, 7) is 4.48. The first-order chi connectivity index (χ1) is 9.90.